The van der Waals surface area contributed by atoms with E-state index in [0.29, 0.717) is 38.2 Å². The molecule has 2 heterocycles. The fraction of sp³-hybridized carbons (Fsp3) is 0.636. The summed E-state index contributed by atoms with van der Waals surface area (Å²) >= 11 is 0. The second-order valence-electron chi connectivity index (χ2n) is 4.48. The smallest absolute Gasteiger partial charge is 0.256 e. The Morgan fingerprint density at radius 2 is 2.35 bits per heavy atom. The summed E-state index contributed by atoms with van der Waals surface area (Å²) < 4.78 is 5.20. The van der Waals surface area contributed by atoms with Gasteiger partial charge in [-0.3, -0.25) is 9.89 Å². The van der Waals surface area contributed by atoms with Gasteiger partial charge in [0.1, 0.15) is 0 Å². The predicted molar refractivity (Wildman–Crippen MR) is 60.6 cm³/mol. The molecule has 0 saturated carbocycles. The van der Waals surface area contributed by atoms with E-state index in [1.54, 1.807) is 13.2 Å². The molecular formula is C11H17N3O3. The number of likely N-dealkylation sites (N-methyl/N-ethyl adjacent to an activating group) is 1. The van der Waals surface area contributed by atoms with Gasteiger partial charge in [-0.15, -0.1) is 0 Å². The van der Waals surface area contributed by atoms with Gasteiger partial charge in [-0.2, -0.15) is 5.10 Å². The second-order valence-corrected chi connectivity index (χ2v) is 4.48. The lowest BCUT2D eigenvalue weighted by atomic mass is 9.94. The number of carbonyl (C=O) groups is 1. The van der Waals surface area contributed by atoms with Crippen LogP contribution in [0.4, 0.5) is 0 Å². The van der Waals surface area contributed by atoms with Crippen LogP contribution in [0.3, 0.4) is 0 Å². The molecule has 1 aliphatic heterocycles. The zero-order chi connectivity index (χ0) is 12.3. The molecule has 2 rings (SSSR count). The molecule has 1 aliphatic rings. The molecule has 0 radical (unpaired) electrons. The first-order valence-electron chi connectivity index (χ1n) is 5.65. The van der Waals surface area contributed by atoms with E-state index >= 15 is 0 Å². The Bertz CT molecular complexity index is 371. The van der Waals surface area contributed by atoms with E-state index in [1.807, 2.05) is 0 Å². The Kier molecular flexibility index (Phi) is 3.44. The van der Waals surface area contributed by atoms with Gasteiger partial charge in [0, 0.05) is 45.8 Å². The lowest BCUT2D eigenvalue weighted by molar-refractivity contribution is -0.0734. The van der Waals surface area contributed by atoms with Crippen molar-refractivity contribution in [3.8, 4) is 0 Å². The maximum absolute atomic E-state index is 11.9. The van der Waals surface area contributed by atoms with Crippen LogP contribution in [0.25, 0.3) is 0 Å². The SMILES string of the molecule is CN(CC1(O)CCOCC1)C(=O)c1cn[nH]c1. The van der Waals surface area contributed by atoms with Crippen LogP contribution >= 0.6 is 0 Å². The highest BCUT2D eigenvalue weighted by molar-refractivity contribution is 5.93. The minimum Gasteiger partial charge on any atom is -0.388 e. The number of aliphatic hydroxyl groups is 1. The standard InChI is InChI=1S/C11H17N3O3/c1-14(10(15)9-6-12-13-7-9)8-11(16)2-4-17-5-3-11/h6-7,16H,2-5,8H2,1H3,(H,12,13). The Morgan fingerprint density at radius 1 is 1.65 bits per heavy atom. The van der Waals surface area contributed by atoms with E-state index in [1.165, 1.54) is 11.1 Å². The number of aromatic nitrogens is 2. The van der Waals surface area contributed by atoms with E-state index < -0.39 is 5.60 Å². The van der Waals surface area contributed by atoms with Crippen molar-refractivity contribution in [3.05, 3.63) is 18.0 Å². The summed E-state index contributed by atoms with van der Waals surface area (Å²) in [4.78, 5) is 13.5. The average molecular weight is 239 g/mol. The monoisotopic (exact) mass is 239 g/mol. The summed E-state index contributed by atoms with van der Waals surface area (Å²) in [6.07, 6.45) is 4.16. The van der Waals surface area contributed by atoms with Gasteiger partial charge in [0.2, 0.25) is 0 Å². The van der Waals surface area contributed by atoms with Crippen LogP contribution < -0.4 is 0 Å². The third-order valence-electron chi connectivity index (χ3n) is 3.05. The van der Waals surface area contributed by atoms with Gasteiger partial charge in [0.25, 0.3) is 5.91 Å². The zero-order valence-corrected chi connectivity index (χ0v) is 9.85. The highest BCUT2D eigenvalue weighted by atomic mass is 16.5. The Hall–Kier alpha value is -1.40. The number of hydrogen-bond donors (Lipinski definition) is 2. The first-order chi connectivity index (χ1) is 8.11. The minimum absolute atomic E-state index is 0.140. The molecule has 6 nitrogen and oxygen atoms in total. The van der Waals surface area contributed by atoms with E-state index in [4.69, 9.17) is 4.74 Å². The van der Waals surface area contributed by atoms with Crippen LogP contribution in [-0.4, -0.2) is 58.5 Å². The molecule has 1 aromatic rings. The number of ether oxygens (including phenoxy) is 1. The Labute approximate surface area is 99.6 Å². The van der Waals surface area contributed by atoms with E-state index in [9.17, 15) is 9.90 Å². The molecule has 0 aliphatic carbocycles. The van der Waals surface area contributed by atoms with Crippen LogP contribution in [0, 0.1) is 0 Å². The molecule has 1 saturated heterocycles. The summed E-state index contributed by atoms with van der Waals surface area (Å²) in [6, 6.07) is 0. The van der Waals surface area contributed by atoms with Crippen molar-refractivity contribution in [2.75, 3.05) is 26.8 Å². The van der Waals surface area contributed by atoms with Crippen LogP contribution in [0.1, 0.15) is 23.2 Å². The molecule has 0 atom stereocenters. The predicted octanol–water partition coefficient (Wildman–Crippen LogP) is 0.0232. The minimum atomic E-state index is -0.827. The van der Waals surface area contributed by atoms with Gasteiger partial charge in [-0.25, -0.2) is 0 Å². The Balaban J connectivity index is 1.96. The third kappa shape index (κ3) is 2.83. The highest BCUT2D eigenvalue weighted by Gasteiger charge is 2.32. The molecule has 17 heavy (non-hydrogen) atoms. The van der Waals surface area contributed by atoms with Gasteiger partial charge >= 0.3 is 0 Å². The number of aromatic amines is 1. The zero-order valence-electron chi connectivity index (χ0n) is 9.85. The van der Waals surface area contributed by atoms with E-state index in [2.05, 4.69) is 10.2 Å². The third-order valence-corrected chi connectivity index (χ3v) is 3.05. The highest BCUT2D eigenvalue weighted by Crippen LogP contribution is 2.21. The van der Waals surface area contributed by atoms with Crippen molar-refractivity contribution in [1.82, 2.24) is 15.1 Å². The van der Waals surface area contributed by atoms with Crippen molar-refractivity contribution in [2.24, 2.45) is 0 Å². The van der Waals surface area contributed by atoms with Gasteiger partial charge < -0.3 is 14.7 Å². The number of rotatable bonds is 3. The molecule has 6 heteroatoms. The van der Waals surface area contributed by atoms with Gasteiger partial charge in [-0.1, -0.05) is 0 Å². The average Bonchev–Trinajstić information content (AvgIpc) is 2.81. The molecule has 94 valence electrons. The number of amides is 1. The molecular weight excluding hydrogens is 222 g/mol. The first kappa shape index (κ1) is 12.1. The van der Waals surface area contributed by atoms with Gasteiger partial charge in [0.15, 0.2) is 0 Å². The largest absolute Gasteiger partial charge is 0.388 e. The fourth-order valence-corrected chi connectivity index (χ4v) is 2.01. The number of hydrogen-bond acceptors (Lipinski definition) is 4. The maximum Gasteiger partial charge on any atom is 0.256 e. The number of carbonyl (C=O) groups excluding carboxylic acids is 1. The molecule has 1 fully saturated rings. The molecule has 1 aromatic heterocycles. The van der Waals surface area contributed by atoms with Crippen molar-refractivity contribution < 1.29 is 14.6 Å². The summed E-state index contributed by atoms with van der Waals surface area (Å²) in [5, 5.41) is 16.6. The summed E-state index contributed by atoms with van der Waals surface area (Å²) in [6.45, 7) is 1.41. The van der Waals surface area contributed by atoms with Crippen LogP contribution in [0.15, 0.2) is 12.4 Å². The van der Waals surface area contributed by atoms with Crippen molar-refractivity contribution >= 4 is 5.91 Å². The fourth-order valence-electron chi connectivity index (χ4n) is 2.01. The van der Waals surface area contributed by atoms with Crippen molar-refractivity contribution in [3.63, 3.8) is 0 Å². The number of nitrogens with zero attached hydrogens (tertiary/aromatic N) is 2. The van der Waals surface area contributed by atoms with Crippen LogP contribution in [0.2, 0.25) is 0 Å². The Morgan fingerprint density at radius 3 is 2.94 bits per heavy atom. The summed E-state index contributed by atoms with van der Waals surface area (Å²) in [5.41, 5.74) is -0.324. The van der Waals surface area contributed by atoms with Crippen LogP contribution in [-0.2, 0) is 4.74 Å². The van der Waals surface area contributed by atoms with Crippen molar-refractivity contribution in [1.29, 1.82) is 0 Å². The summed E-state index contributed by atoms with van der Waals surface area (Å²) in [7, 11) is 1.68. The first-order valence-corrected chi connectivity index (χ1v) is 5.65. The molecule has 0 aromatic carbocycles. The quantitative estimate of drug-likeness (QED) is 0.779. The molecule has 0 spiro atoms. The lowest BCUT2D eigenvalue weighted by Gasteiger charge is -2.35. The maximum atomic E-state index is 11.9. The topological polar surface area (TPSA) is 78.5 Å². The van der Waals surface area contributed by atoms with E-state index in [-0.39, 0.29) is 5.91 Å². The molecule has 2 N–H and O–H groups in total. The molecule has 0 bridgehead atoms. The second kappa shape index (κ2) is 4.85. The van der Waals surface area contributed by atoms with Gasteiger partial charge in [-0.05, 0) is 0 Å². The normalized spacial score (nSPS) is 18.9. The van der Waals surface area contributed by atoms with Crippen molar-refractivity contribution in [2.45, 2.75) is 18.4 Å². The summed E-state index contributed by atoms with van der Waals surface area (Å²) in [5.74, 6) is -0.140. The lowest BCUT2D eigenvalue weighted by Crippen LogP contribution is -2.47. The van der Waals surface area contributed by atoms with Gasteiger partial charge in [0.05, 0.1) is 17.4 Å². The molecule has 0 unspecified atom stereocenters. The number of H-pyrrole nitrogens is 1. The van der Waals surface area contributed by atoms with E-state index in [0.717, 1.165) is 0 Å². The number of nitrogens with one attached hydrogen (secondary N) is 1. The molecule has 1 amide bonds. The van der Waals surface area contributed by atoms with Crippen LogP contribution in [0.5, 0.6) is 0 Å².